The van der Waals surface area contributed by atoms with E-state index in [1.54, 1.807) is 18.3 Å². The largest absolute Gasteiger partial charge is 0.454 e. The molecule has 168 valence electrons. The summed E-state index contributed by atoms with van der Waals surface area (Å²) in [5.74, 6) is 1.77. The van der Waals surface area contributed by atoms with Crippen LogP contribution in [0, 0.1) is 0 Å². The van der Waals surface area contributed by atoms with Gasteiger partial charge < -0.3 is 14.4 Å². The quantitative estimate of drug-likeness (QED) is 0.675. The second-order valence-corrected chi connectivity index (χ2v) is 8.67. The van der Waals surface area contributed by atoms with Crippen molar-refractivity contribution < 1.29 is 14.3 Å². The maximum atomic E-state index is 12.7. The fourth-order valence-electron chi connectivity index (χ4n) is 4.77. The van der Waals surface area contributed by atoms with Crippen LogP contribution in [0.4, 0.5) is 0 Å². The van der Waals surface area contributed by atoms with Crippen molar-refractivity contribution in [2.75, 3.05) is 46.1 Å². The van der Waals surface area contributed by atoms with Crippen LogP contribution in [-0.2, 0) is 11.3 Å². The molecule has 4 heterocycles. The average Bonchev–Trinajstić information content (AvgIpc) is 3.32. The number of carbonyl (C=O) groups excluding carboxylic acids is 1. The summed E-state index contributed by atoms with van der Waals surface area (Å²) in [6.07, 6.45) is 7.43. The number of ether oxygens (including phenoxy) is 2. The van der Waals surface area contributed by atoms with Gasteiger partial charge in [-0.15, -0.1) is 0 Å². The lowest BCUT2D eigenvalue weighted by Gasteiger charge is -2.43. The molecule has 5 rings (SSSR count). The molecule has 0 saturated carbocycles. The molecule has 0 N–H and O–H groups in total. The predicted octanol–water partition coefficient (Wildman–Crippen LogP) is 2.63. The summed E-state index contributed by atoms with van der Waals surface area (Å²) in [4.78, 5) is 24.0. The zero-order valence-corrected chi connectivity index (χ0v) is 18.4. The summed E-state index contributed by atoms with van der Waals surface area (Å²) >= 11 is 0. The minimum absolute atomic E-state index is 0.0850. The molecule has 32 heavy (non-hydrogen) atoms. The lowest BCUT2D eigenvalue weighted by molar-refractivity contribution is -0.128. The highest BCUT2D eigenvalue weighted by Crippen LogP contribution is 2.33. The SMILES string of the molecule is O=C(/C=C/c1ccccn1)N1CCCC(N2CCN(Cc3ccc4c(c3)OCO4)CC2)C1. The van der Waals surface area contributed by atoms with Gasteiger partial charge in [-0.1, -0.05) is 12.1 Å². The molecule has 7 nitrogen and oxygen atoms in total. The van der Waals surface area contributed by atoms with E-state index in [-0.39, 0.29) is 5.91 Å². The fourth-order valence-corrected chi connectivity index (χ4v) is 4.77. The first-order chi connectivity index (χ1) is 15.7. The van der Waals surface area contributed by atoms with Crippen LogP contribution in [-0.4, -0.2) is 77.7 Å². The third-order valence-electron chi connectivity index (χ3n) is 6.56. The average molecular weight is 435 g/mol. The number of carbonyl (C=O) groups is 1. The van der Waals surface area contributed by atoms with Crippen molar-refractivity contribution in [2.45, 2.75) is 25.4 Å². The van der Waals surface area contributed by atoms with Gasteiger partial charge in [0, 0.05) is 64.1 Å². The molecular formula is C25H30N4O3. The highest BCUT2D eigenvalue weighted by molar-refractivity contribution is 5.91. The van der Waals surface area contributed by atoms with Crippen molar-refractivity contribution in [1.29, 1.82) is 0 Å². The second kappa shape index (κ2) is 9.71. The Morgan fingerprint density at radius 2 is 1.94 bits per heavy atom. The van der Waals surface area contributed by atoms with Crippen molar-refractivity contribution in [3.8, 4) is 11.5 Å². The third kappa shape index (κ3) is 4.95. The number of piperidine rings is 1. The summed E-state index contributed by atoms with van der Waals surface area (Å²) < 4.78 is 10.9. The molecule has 3 aliphatic heterocycles. The first kappa shape index (κ1) is 21.0. The van der Waals surface area contributed by atoms with Crippen LogP contribution in [0.15, 0.2) is 48.7 Å². The Balaban J connectivity index is 1.11. The maximum absolute atomic E-state index is 12.7. The van der Waals surface area contributed by atoms with E-state index in [2.05, 4.69) is 26.9 Å². The molecule has 2 saturated heterocycles. The molecule has 3 aliphatic rings. The van der Waals surface area contributed by atoms with Gasteiger partial charge >= 0.3 is 0 Å². The molecule has 1 aromatic carbocycles. The minimum atomic E-state index is 0.0850. The van der Waals surface area contributed by atoms with E-state index in [0.717, 1.165) is 75.8 Å². The van der Waals surface area contributed by atoms with Crippen LogP contribution in [0.3, 0.4) is 0 Å². The number of nitrogens with zero attached hydrogens (tertiary/aromatic N) is 4. The molecule has 0 radical (unpaired) electrons. The van der Waals surface area contributed by atoms with Gasteiger partial charge in [-0.2, -0.15) is 0 Å². The molecule has 1 unspecified atom stereocenters. The van der Waals surface area contributed by atoms with E-state index in [4.69, 9.17) is 9.47 Å². The third-order valence-corrected chi connectivity index (χ3v) is 6.56. The molecular weight excluding hydrogens is 404 g/mol. The Morgan fingerprint density at radius 3 is 2.78 bits per heavy atom. The number of benzene rings is 1. The van der Waals surface area contributed by atoms with E-state index in [0.29, 0.717) is 12.8 Å². The van der Waals surface area contributed by atoms with Gasteiger partial charge in [0.2, 0.25) is 12.7 Å². The summed E-state index contributed by atoms with van der Waals surface area (Å²) in [5, 5.41) is 0. The maximum Gasteiger partial charge on any atom is 0.246 e. The van der Waals surface area contributed by atoms with Crippen LogP contribution in [0.5, 0.6) is 11.5 Å². The van der Waals surface area contributed by atoms with Gasteiger partial charge in [0.1, 0.15) is 0 Å². The van der Waals surface area contributed by atoms with E-state index < -0.39 is 0 Å². The van der Waals surface area contributed by atoms with Crippen molar-refractivity contribution in [3.05, 3.63) is 59.9 Å². The molecule has 1 amide bonds. The topological polar surface area (TPSA) is 58.1 Å². The molecule has 7 heteroatoms. The number of rotatable bonds is 5. The van der Waals surface area contributed by atoms with E-state index in [1.807, 2.05) is 29.2 Å². The summed E-state index contributed by atoms with van der Waals surface area (Å²) in [7, 11) is 0. The number of piperazine rings is 1. The molecule has 1 atom stereocenters. The standard InChI is InChI=1S/C25H30N4O3/c30-25(9-7-21-4-1-2-10-26-21)29-11-3-5-22(18-29)28-14-12-27(13-15-28)17-20-6-8-23-24(16-20)32-19-31-23/h1-2,4,6-10,16,22H,3,5,11-15,17-19H2/b9-7+. The lowest BCUT2D eigenvalue weighted by atomic mass is 10.0. The monoisotopic (exact) mass is 434 g/mol. The molecule has 0 spiro atoms. The van der Waals surface area contributed by atoms with Gasteiger partial charge in [-0.05, 0) is 48.7 Å². The van der Waals surface area contributed by atoms with Crippen molar-refractivity contribution >= 4 is 12.0 Å². The first-order valence-electron chi connectivity index (χ1n) is 11.5. The molecule has 0 bridgehead atoms. The van der Waals surface area contributed by atoms with E-state index in [1.165, 1.54) is 5.56 Å². The molecule has 2 aromatic rings. The number of fused-ring (bicyclic) bond motifs is 1. The Labute approximate surface area is 189 Å². The summed E-state index contributed by atoms with van der Waals surface area (Å²) in [5.41, 5.74) is 2.07. The van der Waals surface area contributed by atoms with Crippen molar-refractivity contribution in [3.63, 3.8) is 0 Å². The lowest BCUT2D eigenvalue weighted by Crippen LogP contribution is -2.55. The van der Waals surface area contributed by atoms with Crippen LogP contribution < -0.4 is 9.47 Å². The predicted molar refractivity (Wildman–Crippen MR) is 122 cm³/mol. The van der Waals surface area contributed by atoms with Gasteiger partial charge in [0.25, 0.3) is 0 Å². The number of hydrogen-bond acceptors (Lipinski definition) is 6. The van der Waals surface area contributed by atoms with Crippen LogP contribution in [0.1, 0.15) is 24.1 Å². The van der Waals surface area contributed by atoms with E-state index in [9.17, 15) is 4.79 Å². The Hall–Kier alpha value is -2.90. The Morgan fingerprint density at radius 1 is 1.06 bits per heavy atom. The highest BCUT2D eigenvalue weighted by atomic mass is 16.7. The number of pyridine rings is 1. The number of likely N-dealkylation sites (tertiary alicyclic amines) is 1. The number of aromatic nitrogens is 1. The van der Waals surface area contributed by atoms with E-state index >= 15 is 0 Å². The number of amides is 1. The van der Waals surface area contributed by atoms with Gasteiger partial charge in [-0.25, -0.2) is 0 Å². The van der Waals surface area contributed by atoms with Crippen LogP contribution in [0.25, 0.3) is 6.08 Å². The number of hydrogen-bond donors (Lipinski definition) is 0. The molecule has 1 aromatic heterocycles. The molecule has 0 aliphatic carbocycles. The van der Waals surface area contributed by atoms with Gasteiger partial charge in [-0.3, -0.25) is 19.6 Å². The highest BCUT2D eigenvalue weighted by Gasteiger charge is 2.29. The first-order valence-corrected chi connectivity index (χ1v) is 11.5. The summed E-state index contributed by atoms with van der Waals surface area (Å²) in [6, 6.07) is 12.4. The van der Waals surface area contributed by atoms with Crippen molar-refractivity contribution in [2.24, 2.45) is 0 Å². The Kier molecular flexibility index (Phi) is 6.36. The summed E-state index contributed by atoms with van der Waals surface area (Å²) in [6.45, 7) is 7.06. The molecule has 2 fully saturated rings. The van der Waals surface area contributed by atoms with Gasteiger partial charge in [0.05, 0.1) is 5.69 Å². The second-order valence-electron chi connectivity index (χ2n) is 8.67. The normalized spacial score (nSPS) is 21.9. The van der Waals surface area contributed by atoms with Crippen molar-refractivity contribution in [1.82, 2.24) is 19.7 Å². The smallest absolute Gasteiger partial charge is 0.246 e. The Bertz CT molecular complexity index is 957. The zero-order chi connectivity index (χ0) is 21.8. The van der Waals surface area contributed by atoms with Crippen LogP contribution in [0.2, 0.25) is 0 Å². The van der Waals surface area contributed by atoms with Crippen LogP contribution >= 0.6 is 0 Å². The van der Waals surface area contributed by atoms with Gasteiger partial charge in [0.15, 0.2) is 11.5 Å². The fraction of sp³-hybridized carbons (Fsp3) is 0.440. The zero-order valence-electron chi connectivity index (χ0n) is 18.4. The minimum Gasteiger partial charge on any atom is -0.454 e.